The zero-order valence-corrected chi connectivity index (χ0v) is 19.4. The molecule has 0 radical (unpaired) electrons. The number of hydrogen-bond donors (Lipinski definition) is 0. The Kier molecular flexibility index (Phi) is 6.24. The number of rotatable bonds is 4. The largest absolute Gasteiger partial charge is 0.370 e. The van der Waals surface area contributed by atoms with Crippen molar-refractivity contribution in [1.82, 2.24) is 35.0 Å². The third-order valence-electron chi connectivity index (χ3n) is 6.51. The van der Waals surface area contributed by atoms with Crippen molar-refractivity contribution in [2.45, 2.75) is 25.5 Å². The molecule has 4 heterocycles. The molecule has 0 saturated carbocycles. The first-order valence-electron chi connectivity index (χ1n) is 11.0. The Labute approximate surface area is 201 Å². The molecule has 0 spiro atoms. The van der Waals surface area contributed by atoms with Gasteiger partial charge in [0, 0.05) is 32.4 Å². The van der Waals surface area contributed by atoms with Gasteiger partial charge in [-0.05, 0) is 46.2 Å². The Balaban J connectivity index is 1.19. The second-order valence-corrected chi connectivity index (χ2v) is 8.92. The number of tetrazole rings is 1. The first-order chi connectivity index (χ1) is 16.5. The number of ether oxygens (including phenoxy) is 1. The number of nitriles is 1. The summed E-state index contributed by atoms with van der Waals surface area (Å²) in [6.45, 7) is 5.25. The molecule has 2 aromatic heterocycles. The Hall–Kier alpha value is -3.39. The number of morpholine rings is 1. The van der Waals surface area contributed by atoms with Gasteiger partial charge in [-0.1, -0.05) is 23.7 Å². The monoisotopic (exact) mass is 478 g/mol. The lowest BCUT2D eigenvalue weighted by atomic mass is 9.96. The van der Waals surface area contributed by atoms with Crippen LogP contribution < -0.4 is 0 Å². The molecule has 0 aliphatic carbocycles. The van der Waals surface area contributed by atoms with Gasteiger partial charge in [0.1, 0.15) is 12.4 Å². The Morgan fingerprint density at radius 2 is 2.15 bits per heavy atom. The van der Waals surface area contributed by atoms with E-state index in [1.807, 2.05) is 24.0 Å². The molecule has 2 aliphatic rings. The highest BCUT2D eigenvalue weighted by molar-refractivity contribution is 6.31. The summed E-state index contributed by atoms with van der Waals surface area (Å²) in [5, 5.41) is 20.9. The van der Waals surface area contributed by atoms with E-state index in [0.717, 1.165) is 29.8 Å². The average Bonchev–Trinajstić information content (AvgIpc) is 3.39. The van der Waals surface area contributed by atoms with Crippen LogP contribution in [0.1, 0.15) is 28.4 Å². The van der Waals surface area contributed by atoms with Crippen LogP contribution in [0.25, 0.3) is 5.82 Å². The maximum Gasteiger partial charge on any atom is 0.227 e. The van der Waals surface area contributed by atoms with Crippen LogP contribution in [0.4, 0.5) is 0 Å². The lowest BCUT2D eigenvalue weighted by molar-refractivity contribution is -0.139. The highest BCUT2D eigenvalue weighted by atomic mass is 35.5. The quantitative estimate of drug-likeness (QED) is 0.557. The van der Waals surface area contributed by atoms with Gasteiger partial charge in [-0.25, -0.2) is 4.98 Å². The van der Waals surface area contributed by atoms with Gasteiger partial charge >= 0.3 is 0 Å². The molecule has 2 atom stereocenters. The van der Waals surface area contributed by atoms with E-state index >= 15 is 0 Å². The second-order valence-electron chi connectivity index (χ2n) is 8.51. The number of nitrogens with zero attached hydrogens (tertiary/aromatic N) is 8. The molecule has 0 bridgehead atoms. The smallest absolute Gasteiger partial charge is 0.227 e. The van der Waals surface area contributed by atoms with Gasteiger partial charge in [0.05, 0.1) is 35.8 Å². The van der Waals surface area contributed by atoms with E-state index in [2.05, 4.69) is 31.5 Å². The van der Waals surface area contributed by atoms with Crippen LogP contribution in [0.5, 0.6) is 0 Å². The van der Waals surface area contributed by atoms with Crippen molar-refractivity contribution in [3.05, 3.63) is 64.1 Å². The summed E-state index contributed by atoms with van der Waals surface area (Å²) >= 11 is 6.16. The van der Waals surface area contributed by atoms with Crippen molar-refractivity contribution in [2.75, 3.05) is 32.8 Å². The fourth-order valence-electron chi connectivity index (χ4n) is 4.59. The van der Waals surface area contributed by atoms with Crippen LogP contribution in [0, 0.1) is 18.3 Å². The Morgan fingerprint density at radius 1 is 1.26 bits per heavy atom. The maximum absolute atomic E-state index is 12.9. The van der Waals surface area contributed by atoms with Crippen molar-refractivity contribution in [3.8, 4) is 11.9 Å². The topological polar surface area (TPSA) is 113 Å². The molecule has 3 aromatic rings. The predicted molar refractivity (Wildman–Crippen MR) is 122 cm³/mol. The van der Waals surface area contributed by atoms with E-state index in [0.29, 0.717) is 42.5 Å². The van der Waals surface area contributed by atoms with Crippen LogP contribution >= 0.6 is 11.6 Å². The van der Waals surface area contributed by atoms with Crippen molar-refractivity contribution in [1.29, 1.82) is 5.26 Å². The zero-order valence-electron chi connectivity index (χ0n) is 18.6. The normalized spacial score (nSPS) is 20.6. The predicted octanol–water partition coefficient (Wildman–Crippen LogP) is 1.72. The molecule has 5 rings (SSSR count). The van der Waals surface area contributed by atoms with Crippen molar-refractivity contribution in [3.63, 3.8) is 0 Å². The molecule has 11 heteroatoms. The van der Waals surface area contributed by atoms with Gasteiger partial charge in [-0.2, -0.15) is 9.94 Å². The SMILES string of the molecule is Cc1c([C@H]2CN3CCN(C(=O)Cc4ccc(-n5cnnn5)nc4)C[C@H]3CO2)ccc(Cl)c1C#N. The van der Waals surface area contributed by atoms with E-state index in [1.165, 1.54) is 11.0 Å². The number of hydrogen-bond acceptors (Lipinski definition) is 8. The highest BCUT2D eigenvalue weighted by Crippen LogP contribution is 2.32. The molecular formula is C23H23ClN8O2. The van der Waals surface area contributed by atoms with E-state index < -0.39 is 0 Å². The van der Waals surface area contributed by atoms with Crippen LogP contribution in [0.2, 0.25) is 5.02 Å². The van der Waals surface area contributed by atoms with Crippen LogP contribution in [-0.2, 0) is 16.0 Å². The van der Waals surface area contributed by atoms with Crippen molar-refractivity contribution >= 4 is 17.5 Å². The van der Waals surface area contributed by atoms with Crippen molar-refractivity contribution < 1.29 is 9.53 Å². The van der Waals surface area contributed by atoms with E-state index in [4.69, 9.17) is 16.3 Å². The highest BCUT2D eigenvalue weighted by Gasteiger charge is 2.36. The fraction of sp³-hybridized carbons (Fsp3) is 0.391. The summed E-state index contributed by atoms with van der Waals surface area (Å²) in [5.41, 5.74) is 3.21. The summed E-state index contributed by atoms with van der Waals surface area (Å²) in [5.74, 6) is 0.674. The van der Waals surface area contributed by atoms with E-state index in [-0.39, 0.29) is 18.1 Å². The summed E-state index contributed by atoms with van der Waals surface area (Å²) in [6.07, 6.45) is 3.33. The summed E-state index contributed by atoms with van der Waals surface area (Å²) in [7, 11) is 0. The summed E-state index contributed by atoms with van der Waals surface area (Å²) in [4.78, 5) is 21.6. The second kappa shape index (κ2) is 9.46. The maximum atomic E-state index is 12.9. The summed E-state index contributed by atoms with van der Waals surface area (Å²) in [6, 6.07) is 9.71. The van der Waals surface area contributed by atoms with Gasteiger partial charge in [0.2, 0.25) is 5.91 Å². The molecule has 0 N–H and O–H groups in total. The minimum Gasteiger partial charge on any atom is -0.370 e. The summed E-state index contributed by atoms with van der Waals surface area (Å²) < 4.78 is 7.65. The first kappa shape index (κ1) is 22.4. The van der Waals surface area contributed by atoms with E-state index in [1.54, 1.807) is 18.3 Å². The molecular weight excluding hydrogens is 456 g/mol. The molecule has 10 nitrogen and oxygen atoms in total. The third-order valence-corrected chi connectivity index (χ3v) is 6.83. The molecule has 0 unspecified atom stereocenters. The fourth-order valence-corrected chi connectivity index (χ4v) is 4.84. The average molecular weight is 479 g/mol. The standard InChI is InChI=1S/C23H23ClN8O2/c1-15-18(3-4-20(24)19(15)9-25)21-12-30-6-7-31(11-17(30)13-34-21)23(33)8-16-2-5-22(26-10-16)32-14-27-28-29-32/h2-5,10,14,17,21H,6-8,11-13H2,1H3/t17-,21+/m0/s1. The third kappa shape index (κ3) is 4.37. The number of halogens is 1. The number of aromatic nitrogens is 5. The molecule has 1 aromatic carbocycles. The molecule has 1 amide bonds. The number of carbonyl (C=O) groups is 1. The molecule has 2 saturated heterocycles. The van der Waals surface area contributed by atoms with Gasteiger partial charge in [0.25, 0.3) is 0 Å². The molecule has 34 heavy (non-hydrogen) atoms. The minimum absolute atomic E-state index is 0.0750. The number of benzene rings is 1. The van der Waals surface area contributed by atoms with Gasteiger partial charge < -0.3 is 9.64 Å². The first-order valence-corrected chi connectivity index (χ1v) is 11.4. The van der Waals surface area contributed by atoms with Crippen molar-refractivity contribution in [2.24, 2.45) is 0 Å². The number of carbonyl (C=O) groups excluding carboxylic acids is 1. The number of piperazine rings is 1. The number of pyridine rings is 1. The van der Waals surface area contributed by atoms with Gasteiger partial charge in [-0.15, -0.1) is 5.10 Å². The number of fused-ring (bicyclic) bond motifs is 1. The Bertz CT molecular complexity index is 1230. The van der Waals surface area contributed by atoms with Gasteiger partial charge in [-0.3, -0.25) is 9.69 Å². The number of amides is 1. The molecule has 2 aliphatic heterocycles. The lowest BCUT2D eigenvalue weighted by Crippen LogP contribution is -2.59. The van der Waals surface area contributed by atoms with Crippen LogP contribution in [0.3, 0.4) is 0 Å². The van der Waals surface area contributed by atoms with Crippen LogP contribution in [-0.4, -0.2) is 79.7 Å². The zero-order chi connectivity index (χ0) is 23.7. The molecule has 174 valence electrons. The molecule has 2 fully saturated rings. The van der Waals surface area contributed by atoms with Crippen LogP contribution in [0.15, 0.2) is 36.8 Å². The van der Waals surface area contributed by atoms with E-state index in [9.17, 15) is 10.1 Å². The minimum atomic E-state index is -0.118. The Morgan fingerprint density at radius 3 is 2.88 bits per heavy atom. The lowest BCUT2D eigenvalue weighted by Gasteiger charge is -2.46. The van der Waals surface area contributed by atoms with Gasteiger partial charge in [0.15, 0.2) is 5.82 Å².